The van der Waals surface area contributed by atoms with Crippen LogP contribution in [0.3, 0.4) is 0 Å². The van der Waals surface area contributed by atoms with Crippen LogP contribution in [0.25, 0.3) is 0 Å². The zero-order valence-electron chi connectivity index (χ0n) is 14.8. The van der Waals surface area contributed by atoms with E-state index in [1.165, 1.54) is 38.9 Å². The second kappa shape index (κ2) is 11.5. The van der Waals surface area contributed by atoms with Crippen LogP contribution in [-0.2, 0) is 0 Å². The van der Waals surface area contributed by atoms with Crippen molar-refractivity contribution in [3.63, 3.8) is 0 Å². The monoisotopic (exact) mass is 446 g/mol. The molecule has 0 aromatic heterocycles. The molecule has 1 saturated heterocycles. The zero-order valence-corrected chi connectivity index (χ0v) is 17.2. The van der Waals surface area contributed by atoms with Gasteiger partial charge >= 0.3 is 0 Å². The molecule has 1 heterocycles. The van der Waals surface area contributed by atoms with Gasteiger partial charge in [-0.3, -0.25) is 4.99 Å². The fraction of sp³-hybridized carbons (Fsp3) is 0.611. The highest BCUT2D eigenvalue weighted by molar-refractivity contribution is 14.0. The third-order valence-corrected chi connectivity index (χ3v) is 4.27. The maximum Gasteiger partial charge on any atom is 0.193 e. The minimum absolute atomic E-state index is 0. The van der Waals surface area contributed by atoms with Crippen molar-refractivity contribution in [3.8, 4) is 5.75 Å². The number of guanidine groups is 1. The number of unbranched alkanes of at least 4 members (excludes halogenated alkanes) is 1. The molecule has 0 radical (unpaired) electrons. The quantitative estimate of drug-likeness (QED) is 0.291. The summed E-state index contributed by atoms with van der Waals surface area (Å²) in [6, 6.07) is 7.65. The Morgan fingerprint density at radius 2 is 2.08 bits per heavy atom. The Hall–Kier alpha value is -1.02. The SMILES string of the molecule is COc1ccc(NC(N)=NCCCCN2CCCC(C)C2)cc1.I. The Labute approximate surface area is 163 Å². The van der Waals surface area contributed by atoms with E-state index in [1.807, 2.05) is 24.3 Å². The first-order valence-corrected chi connectivity index (χ1v) is 8.60. The maximum atomic E-state index is 5.92. The molecule has 0 spiro atoms. The van der Waals surface area contributed by atoms with Gasteiger partial charge in [-0.1, -0.05) is 6.92 Å². The Morgan fingerprint density at radius 1 is 1.33 bits per heavy atom. The summed E-state index contributed by atoms with van der Waals surface area (Å²) in [5.41, 5.74) is 6.84. The third-order valence-electron chi connectivity index (χ3n) is 4.27. The van der Waals surface area contributed by atoms with E-state index in [0.29, 0.717) is 5.96 Å². The van der Waals surface area contributed by atoms with Crippen LogP contribution in [0.4, 0.5) is 5.69 Å². The number of anilines is 1. The van der Waals surface area contributed by atoms with Crippen molar-refractivity contribution < 1.29 is 4.74 Å². The second-order valence-electron chi connectivity index (χ2n) is 6.38. The van der Waals surface area contributed by atoms with Crippen LogP contribution in [-0.4, -0.2) is 44.1 Å². The van der Waals surface area contributed by atoms with Gasteiger partial charge in [0.25, 0.3) is 0 Å². The van der Waals surface area contributed by atoms with Gasteiger partial charge in [0, 0.05) is 18.8 Å². The third kappa shape index (κ3) is 7.70. The summed E-state index contributed by atoms with van der Waals surface area (Å²) < 4.78 is 5.13. The molecule has 1 unspecified atom stereocenters. The molecule has 6 heteroatoms. The number of halogens is 1. The molecule has 0 amide bonds. The van der Waals surface area contributed by atoms with Crippen LogP contribution in [0.2, 0.25) is 0 Å². The number of benzene rings is 1. The number of rotatable bonds is 7. The van der Waals surface area contributed by atoms with E-state index >= 15 is 0 Å². The summed E-state index contributed by atoms with van der Waals surface area (Å²) in [5.74, 6) is 2.16. The number of likely N-dealkylation sites (tertiary alicyclic amines) is 1. The van der Waals surface area contributed by atoms with Crippen LogP contribution in [0, 0.1) is 5.92 Å². The smallest absolute Gasteiger partial charge is 0.193 e. The van der Waals surface area contributed by atoms with Crippen molar-refractivity contribution in [3.05, 3.63) is 24.3 Å². The number of hydrogen-bond donors (Lipinski definition) is 2. The lowest BCUT2D eigenvalue weighted by Crippen LogP contribution is -2.35. The lowest BCUT2D eigenvalue weighted by atomic mass is 10.0. The molecule has 1 aromatic rings. The standard InChI is InChI=1S/C18H30N4O.HI/c1-15-6-5-13-22(14-15)12-4-3-11-20-18(19)21-16-7-9-17(23-2)10-8-16;/h7-10,15H,3-6,11-14H2,1-2H3,(H3,19,20,21);1H. The van der Waals surface area contributed by atoms with Crippen molar-refractivity contribution in [1.29, 1.82) is 0 Å². The summed E-state index contributed by atoms with van der Waals surface area (Å²) in [6.07, 6.45) is 4.99. The molecule has 2 rings (SSSR count). The van der Waals surface area contributed by atoms with E-state index in [9.17, 15) is 0 Å². The molecule has 136 valence electrons. The fourth-order valence-electron chi connectivity index (χ4n) is 3.00. The van der Waals surface area contributed by atoms with Crippen LogP contribution < -0.4 is 15.8 Å². The number of aliphatic imine (C=N–C) groups is 1. The average Bonchev–Trinajstić information content (AvgIpc) is 2.55. The lowest BCUT2D eigenvalue weighted by molar-refractivity contribution is 0.181. The van der Waals surface area contributed by atoms with Gasteiger partial charge in [-0.15, -0.1) is 24.0 Å². The summed E-state index contributed by atoms with van der Waals surface area (Å²) in [4.78, 5) is 6.97. The van der Waals surface area contributed by atoms with Crippen molar-refractivity contribution in [2.75, 3.05) is 38.6 Å². The van der Waals surface area contributed by atoms with Gasteiger partial charge in [-0.05, 0) is 69.0 Å². The summed E-state index contributed by atoms with van der Waals surface area (Å²) >= 11 is 0. The summed E-state index contributed by atoms with van der Waals surface area (Å²) in [5, 5.41) is 3.10. The van der Waals surface area contributed by atoms with Gasteiger partial charge in [0.1, 0.15) is 5.75 Å². The topological polar surface area (TPSA) is 62.9 Å². The van der Waals surface area contributed by atoms with Crippen LogP contribution >= 0.6 is 24.0 Å². The number of nitrogens with zero attached hydrogens (tertiary/aromatic N) is 2. The minimum atomic E-state index is 0. The van der Waals surface area contributed by atoms with Gasteiger partial charge in [0.2, 0.25) is 0 Å². The Balaban J connectivity index is 0.00000288. The highest BCUT2D eigenvalue weighted by Crippen LogP contribution is 2.16. The predicted octanol–water partition coefficient (Wildman–Crippen LogP) is 3.55. The van der Waals surface area contributed by atoms with Gasteiger partial charge in [-0.25, -0.2) is 0 Å². The molecule has 1 fully saturated rings. The second-order valence-corrected chi connectivity index (χ2v) is 6.38. The first kappa shape index (κ1) is 21.0. The molecular weight excluding hydrogens is 415 g/mol. The number of nitrogens with one attached hydrogen (secondary N) is 1. The summed E-state index contributed by atoms with van der Waals surface area (Å²) in [6.45, 7) is 6.82. The maximum absolute atomic E-state index is 5.92. The zero-order chi connectivity index (χ0) is 16.5. The van der Waals surface area contributed by atoms with Gasteiger partial charge in [-0.2, -0.15) is 0 Å². The first-order valence-electron chi connectivity index (χ1n) is 8.60. The van der Waals surface area contributed by atoms with Gasteiger partial charge in [0.15, 0.2) is 5.96 Å². The highest BCUT2D eigenvalue weighted by atomic mass is 127. The van der Waals surface area contributed by atoms with Gasteiger partial charge < -0.3 is 20.7 Å². The normalized spacial score (nSPS) is 18.8. The van der Waals surface area contributed by atoms with Crippen LogP contribution in [0.15, 0.2) is 29.3 Å². The number of methoxy groups -OCH3 is 1. The molecule has 1 atom stereocenters. The largest absolute Gasteiger partial charge is 0.497 e. The number of hydrogen-bond acceptors (Lipinski definition) is 3. The first-order chi connectivity index (χ1) is 11.2. The fourth-order valence-corrected chi connectivity index (χ4v) is 3.00. The van der Waals surface area contributed by atoms with E-state index in [0.717, 1.165) is 30.3 Å². The number of ether oxygens (including phenoxy) is 1. The molecular formula is C18H31IN4O. The molecule has 3 N–H and O–H groups in total. The number of nitrogens with two attached hydrogens (primary N) is 1. The Morgan fingerprint density at radius 3 is 2.75 bits per heavy atom. The predicted molar refractivity (Wildman–Crippen MR) is 113 cm³/mol. The van der Waals surface area contributed by atoms with Crippen LogP contribution in [0.1, 0.15) is 32.6 Å². The van der Waals surface area contributed by atoms with E-state index in [2.05, 4.69) is 22.1 Å². The van der Waals surface area contributed by atoms with Crippen molar-refractivity contribution in [1.82, 2.24) is 4.90 Å². The molecule has 0 aliphatic carbocycles. The number of piperidine rings is 1. The minimum Gasteiger partial charge on any atom is -0.497 e. The molecule has 0 saturated carbocycles. The molecule has 5 nitrogen and oxygen atoms in total. The average molecular weight is 446 g/mol. The molecule has 0 bridgehead atoms. The van der Waals surface area contributed by atoms with Crippen molar-refractivity contribution >= 4 is 35.6 Å². The van der Waals surface area contributed by atoms with E-state index in [-0.39, 0.29) is 24.0 Å². The van der Waals surface area contributed by atoms with Crippen molar-refractivity contribution in [2.24, 2.45) is 16.6 Å². The molecule has 1 aromatic carbocycles. The van der Waals surface area contributed by atoms with Crippen molar-refractivity contribution in [2.45, 2.75) is 32.6 Å². The van der Waals surface area contributed by atoms with E-state index < -0.39 is 0 Å². The summed E-state index contributed by atoms with van der Waals surface area (Å²) in [7, 11) is 1.66. The van der Waals surface area contributed by atoms with Crippen LogP contribution in [0.5, 0.6) is 5.75 Å². The molecule has 24 heavy (non-hydrogen) atoms. The lowest BCUT2D eigenvalue weighted by Gasteiger charge is -2.30. The van der Waals surface area contributed by atoms with E-state index in [1.54, 1.807) is 7.11 Å². The Bertz CT molecular complexity index is 492. The Kier molecular flexibility index (Phi) is 10.1. The van der Waals surface area contributed by atoms with Gasteiger partial charge in [0.05, 0.1) is 7.11 Å². The molecule has 1 aliphatic heterocycles. The van der Waals surface area contributed by atoms with E-state index in [4.69, 9.17) is 10.5 Å². The highest BCUT2D eigenvalue weighted by Gasteiger charge is 2.15. The molecule has 1 aliphatic rings.